The number of aliphatic hydroxyl groups is 3. The Labute approximate surface area is 273 Å². The fourth-order valence-electron chi connectivity index (χ4n) is 5.73. The highest BCUT2D eigenvalue weighted by Gasteiger charge is 2.22. The molecule has 0 rings (SSSR count). The molecule has 5 nitrogen and oxygen atoms in total. The number of hydrogen-bond donors (Lipinski definition) is 4. The number of allylic oxidation sites excluding steroid dienone is 3. The van der Waals surface area contributed by atoms with Gasteiger partial charge < -0.3 is 20.6 Å². The average Bonchev–Trinajstić information content (AvgIpc) is 3.03. The minimum atomic E-state index is -1.10. The minimum absolute atomic E-state index is 0.373. The molecule has 3 unspecified atom stereocenters. The highest BCUT2D eigenvalue weighted by Crippen LogP contribution is 2.15. The zero-order valence-corrected chi connectivity index (χ0v) is 29.3. The molecule has 0 aromatic heterocycles. The lowest BCUT2D eigenvalue weighted by Crippen LogP contribution is -2.48. The van der Waals surface area contributed by atoms with Gasteiger partial charge in [0.25, 0.3) is 0 Å². The summed E-state index contributed by atoms with van der Waals surface area (Å²) >= 11 is 0. The molecule has 0 saturated carbocycles. The third-order valence-electron chi connectivity index (χ3n) is 8.79. The van der Waals surface area contributed by atoms with E-state index < -0.39 is 24.2 Å². The fraction of sp³-hybridized carbons (Fsp3) is 0.872. The second-order valence-electron chi connectivity index (χ2n) is 13.1. The molecule has 0 heterocycles. The van der Waals surface area contributed by atoms with Crippen LogP contribution in [0.2, 0.25) is 0 Å². The Morgan fingerprint density at radius 1 is 0.545 bits per heavy atom. The molecule has 0 aliphatic carbocycles. The zero-order valence-electron chi connectivity index (χ0n) is 29.3. The molecule has 0 aliphatic heterocycles. The van der Waals surface area contributed by atoms with E-state index in [1.807, 2.05) is 6.08 Å². The highest BCUT2D eigenvalue weighted by molar-refractivity contribution is 5.80. The molecule has 0 aromatic rings. The van der Waals surface area contributed by atoms with Crippen molar-refractivity contribution < 1.29 is 20.1 Å². The van der Waals surface area contributed by atoms with Crippen LogP contribution in [-0.2, 0) is 4.79 Å². The first-order valence-electron chi connectivity index (χ1n) is 19.2. The molecule has 0 bridgehead atoms. The molecule has 260 valence electrons. The predicted molar refractivity (Wildman–Crippen MR) is 190 cm³/mol. The maximum Gasteiger partial charge on any atom is 0.249 e. The van der Waals surface area contributed by atoms with Crippen molar-refractivity contribution >= 4 is 5.91 Å². The molecule has 0 aromatic carbocycles. The van der Waals surface area contributed by atoms with E-state index in [0.717, 1.165) is 38.5 Å². The molecule has 0 spiro atoms. The molecular formula is C39H75NO4. The number of nitrogens with one attached hydrogen (secondary N) is 1. The summed E-state index contributed by atoms with van der Waals surface area (Å²) in [5, 5.41) is 32.9. The lowest BCUT2D eigenvalue weighted by molar-refractivity contribution is -0.131. The molecule has 0 aliphatic rings. The Hall–Kier alpha value is -1.17. The van der Waals surface area contributed by atoms with Gasteiger partial charge in [0.2, 0.25) is 5.91 Å². The van der Waals surface area contributed by atoms with Crippen LogP contribution < -0.4 is 5.32 Å². The molecule has 5 heteroatoms. The second kappa shape index (κ2) is 34.7. The largest absolute Gasteiger partial charge is 0.394 e. The Morgan fingerprint density at radius 3 is 1.39 bits per heavy atom. The monoisotopic (exact) mass is 622 g/mol. The van der Waals surface area contributed by atoms with Crippen molar-refractivity contribution in [1.82, 2.24) is 5.32 Å². The number of amides is 1. The Balaban J connectivity index is 3.77. The Kier molecular flexibility index (Phi) is 33.8. The van der Waals surface area contributed by atoms with Crippen molar-refractivity contribution in [2.24, 2.45) is 0 Å². The Morgan fingerprint density at radius 2 is 0.932 bits per heavy atom. The van der Waals surface area contributed by atoms with Crippen LogP contribution in [-0.4, -0.2) is 46.1 Å². The van der Waals surface area contributed by atoms with E-state index in [0.29, 0.717) is 6.42 Å². The summed E-state index contributed by atoms with van der Waals surface area (Å²) < 4.78 is 0. The predicted octanol–water partition coefficient (Wildman–Crippen LogP) is 10.3. The van der Waals surface area contributed by atoms with Crippen LogP contribution in [0.15, 0.2) is 24.3 Å². The van der Waals surface area contributed by atoms with E-state index in [9.17, 15) is 20.1 Å². The van der Waals surface area contributed by atoms with Crippen molar-refractivity contribution in [2.75, 3.05) is 6.61 Å². The van der Waals surface area contributed by atoms with E-state index in [2.05, 4.69) is 31.3 Å². The summed E-state index contributed by atoms with van der Waals surface area (Å²) in [6.45, 7) is 4.15. The maximum absolute atomic E-state index is 12.4. The smallest absolute Gasteiger partial charge is 0.249 e. The first-order valence-corrected chi connectivity index (χ1v) is 19.2. The first kappa shape index (κ1) is 42.8. The summed E-state index contributed by atoms with van der Waals surface area (Å²) in [6.07, 6.45) is 40.5. The summed E-state index contributed by atoms with van der Waals surface area (Å²) in [7, 11) is 0. The number of carbonyl (C=O) groups excluding carboxylic acids is 1. The van der Waals surface area contributed by atoms with Crippen LogP contribution in [0.4, 0.5) is 0 Å². The first-order chi connectivity index (χ1) is 21.6. The maximum atomic E-state index is 12.4. The van der Waals surface area contributed by atoms with Gasteiger partial charge in [0.15, 0.2) is 0 Å². The minimum Gasteiger partial charge on any atom is -0.394 e. The highest BCUT2D eigenvalue weighted by atomic mass is 16.3. The second-order valence-corrected chi connectivity index (χ2v) is 13.1. The van der Waals surface area contributed by atoms with E-state index in [-0.39, 0.29) is 6.61 Å². The zero-order chi connectivity index (χ0) is 32.4. The van der Waals surface area contributed by atoms with Crippen LogP contribution >= 0.6 is 0 Å². The summed E-state index contributed by atoms with van der Waals surface area (Å²) in [5.74, 6) is -0.513. The number of rotatable bonds is 34. The standard InChI is InChI=1S/C39H75NO4/c1-3-5-7-9-11-13-15-17-19-21-23-25-27-29-31-33-37(42)36(35-41)40-39(44)38(43)34-32-30-28-26-24-22-20-18-16-14-12-10-8-6-4-2/h23,25,31,33,36-38,41-43H,3-22,24,26-30,32,34-35H2,1-2H3,(H,40,44)/b25-23+,33-31+. The lowest BCUT2D eigenvalue weighted by Gasteiger charge is -2.21. The topological polar surface area (TPSA) is 89.8 Å². The fourth-order valence-corrected chi connectivity index (χ4v) is 5.73. The summed E-state index contributed by atoms with van der Waals surface area (Å²) in [6, 6.07) is -0.809. The van der Waals surface area contributed by atoms with Gasteiger partial charge in [0.1, 0.15) is 6.10 Å². The molecule has 0 saturated heterocycles. The molecule has 1 amide bonds. The molecule has 0 fully saturated rings. The SMILES string of the molecule is CCCCCCCCCCC/C=C/CC/C=C/C(O)C(CO)NC(=O)C(O)CCCCCCCCCCCCCCCCC. The normalized spacial score (nSPS) is 14.0. The van der Waals surface area contributed by atoms with Crippen LogP contribution in [0.1, 0.15) is 194 Å². The van der Waals surface area contributed by atoms with E-state index in [1.165, 1.54) is 135 Å². The van der Waals surface area contributed by atoms with Crippen LogP contribution in [0, 0.1) is 0 Å². The lowest BCUT2D eigenvalue weighted by atomic mass is 10.0. The van der Waals surface area contributed by atoms with E-state index in [1.54, 1.807) is 6.08 Å². The molecular weight excluding hydrogens is 546 g/mol. The van der Waals surface area contributed by atoms with Gasteiger partial charge in [0, 0.05) is 0 Å². The molecule has 3 atom stereocenters. The van der Waals surface area contributed by atoms with Gasteiger partial charge in [-0.3, -0.25) is 4.79 Å². The van der Waals surface area contributed by atoms with Crippen molar-refractivity contribution in [2.45, 2.75) is 212 Å². The summed E-state index contributed by atoms with van der Waals surface area (Å²) in [5.41, 5.74) is 0. The van der Waals surface area contributed by atoms with Gasteiger partial charge in [-0.15, -0.1) is 0 Å². The van der Waals surface area contributed by atoms with Crippen molar-refractivity contribution in [3.63, 3.8) is 0 Å². The van der Waals surface area contributed by atoms with Crippen LogP contribution in [0.25, 0.3) is 0 Å². The average molecular weight is 622 g/mol. The van der Waals surface area contributed by atoms with Crippen LogP contribution in [0.3, 0.4) is 0 Å². The Bertz CT molecular complexity index is 650. The number of hydrogen-bond acceptors (Lipinski definition) is 4. The number of carbonyl (C=O) groups is 1. The molecule has 4 N–H and O–H groups in total. The van der Waals surface area contributed by atoms with Crippen molar-refractivity contribution in [3.8, 4) is 0 Å². The van der Waals surface area contributed by atoms with Gasteiger partial charge >= 0.3 is 0 Å². The summed E-state index contributed by atoms with van der Waals surface area (Å²) in [4.78, 5) is 12.4. The number of unbranched alkanes of at least 4 members (excludes halogenated alkanes) is 24. The van der Waals surface area contributed by atoms with Gasteiger partial charge in [0.05, 0.1) is 18.8 Å². The van der Waals surface area contributed by atoms with E-state index >= 15 is 0 Å². The van der Waals surface area contributed by atoms with Gasteiger partial charge in [-0.25, -0.2) is 0 Å². The van der Waals surface area contributed by atoms with Crippen molar-refractivity contribution in [3.05, 3.63) is 24.3 Å². The van der Waals surface area contributed by atoms with Gasteiger partial charge in [-0.1, -0.05) is 186 Å². The quantitative estimate of drug-likeness (QED) is 0.0425. The van der Waals surface area contributed by atoms with Crippen molar-refractivity contribution in [1.29, 1.82) is 0 Å². The van der Waals surface area contributed by atoms with E-state index in [4.69, 9.17) is 0 Å². The third-order valence-corrected chi connectivity index (χ3v) is 8.79. The van der Waals surface area contributed by atoms with Gasteiger partial charge in [-0.05, 0) is 32.1 Å². The third kappa shape index (κ3) is 29.5. The molecule has 0 radical (unpaired) electrons. The van der Waals surface area contributed by atoms with Crippen LogP contribution in [0.5, 0.6) is 0 Å². The molecule has 44 heavy (non-hydrogen) atoms. The van der Waals surface area contributed by atoms with Gasteiger partial charge in [-0.2, -0.15) is 0 Å². The number of aliphatic hydroxyl groups excluding tert-OH is 3.